The van der Waals surface area contributed by atoms with Crippen LogP contribution in [0.25, 0.3) is 0 Å². The van der Waals surface area contributed by atoms with Gasteiger partial charge in [-0.25, -0.2) is 0 Å². The van der Waals surface area contributed by atoms with Gasteiger partial charge in [0.1, 0.15) is 0 Å². The van der Waals surface area contributed by atoms with Crippen LogP contribution in [-0.4, -0.2) is 15.2 Å². The molecule has 0 fully saturated rings. The maximum atomic E-state index is 11.7. The molecule has 0 aliphatic carbocycles. The Kier molecular flexibility index (Phi) is 3.74. The minimum atomic E-state index is -0.660. The lowest BCUT2D eigenvalue weighted by atomic mass is 9.96. The molecular weight excluding hydrogens is 228 g/mol. The zero-order chi connectivity index (χ0) is 12.3. The summed E-state index contributed by atoms with van der Waals surface area (Å²) in [6, 6.07) is 2.72. The largest absolute Gasteiger partial charge is 0.334 e. The molecule has 0 saturated carbocycles. The molecule has 16 heavy (non-hydrogen) atoms. The molecule has 5 nitrogen and oxygen atoms in total. The van der Waals surface area contributed by atoms with Gasteiger partial charge in [-0.3, -0.25) is 14.9 Å². The molecule has 1 aromatic rings. The Morgan fingerprint density at radius 1 is 1.56 bits per heavy atom. The molecule has 0 amide bonds. The van der Waals surface area contributed by atoms with E-state index in [1.165, 1.54) is 16.7 Å². The minimum Gasteiger partial charge on any atom is -0.309 e. The average Bonchev–Trinajstić information content (AvgIpc) is 2.20. The van der Waals surface area contributed by atoms with Crippen LogP contribution in [0.1, 0.15) is 13.8 Å². The van der Waals surface area contributed by atoms with Gasteiger partial charge in [-0.2, -0.15) is 12.6 Å². The minimum absolute atomic E-state index is 0.178. The van der Waals surface area contributed by atoms with Crippen LogP contribution in [0.5, 0.6) is 0 Å². The Balaban J connectivity index is 3.12. The Morgan fingerprint density at radius 3 is 2.69 bits per heavy atom. The quantitative estimate of drug-likeness (QED) is 0.496. The van der Waals surface area contributed by atoms with E-state index < -0.39 is 16.2 Å². The number of hydrogen-bond acceptors (Lipinski definition) is 4. The van der Waals surface area contributed by atoms with Crippen molar-refractivity contribution < 1.29 is 4.92 Å². The van der Waals surface area contributed by atoms with E-state index in [1.54, 1.807) is 6.20 Å². The van der Waals surface area contributed by atoms with Gasteiger partial charge in [0, 0.05) is 18.8 Å². The Bertz CT molecular complexity index is 454. The molecule has 0 radical (unpaired) electrons. The van der Waals surface area contributed by atoms with Crippen molar-refractivity contribution in [2.24, 2.45) is 5.41 Å². The second kappa shape index (κ2) is 4.69. The average molecular weight is 242 g/mol. The molecule has 0 saturated heterocycles. The summed E-state index contributed by atoms with van der Waals surface area (Å²) in [4.78, 5) is 21.6. The highest BCUT2D eigenvalue weighted by Crippen LogP contribution is 2.19. The van der Waals surface area contributed by atoms with Gasteiger partial charge in [0.2, 0.25) is 0 Å². The number of thiol groups is 1. The molecule has 0 N–H and O–H groups in total. The molecule has 0 bridgehead atoms. The number of nitro groups is 1. The second-order valence-corrected chi connectivity index (χ2v) is 4.72. The summed E-state index contributed by atoms with van der Waals surface area (Å²) in [5.41, 5.74) is -1.14. The molecule has 0 aliphatic rings. The highest BCUT2D eigenvalue weighted by Gasteiger charge is 2.20. The van der Waals surface area contributed by atoms with Crippen molar-refractivity contribution in [2.45, 2.75) is 20.4 Å². The summed E-state index contributed by atoms with van der Waals surface area (Å²) in [5, 5.41) is 10.6. The van der Waals surface area contributed by atoms with Crippen LogP contribution in [0.4, 0.5) is 5.69 Å². The van der Waals surface area contributed by atoms with Crippen LogP contribution in [0, 0.1) is 15.5 Å². The van der Waals surface area contributed by atoms with E-state index in [-0.39, 0.29) is 5.41 Å². The van der Waals surface area contributed by atoms with Gasteiger partial charge >= 0.3 is 11.2 Å². The van der Waals surface area contributed by atoms with Gasteiger partial charge in [0.05, 0.1) is 4.92 Å². The van der Waals surface area contributed by atoms with E-state index >= 15 is 0 Å². The first kappa shape index (κ1) is 12.8. The fourth-order valence-electron chi connectivity index (χ4n) is 1.30. The van der Waals surface area contributed by atoms with E-state index in [2.05, 4.69) is 12.6 Å². The van der Waals surface area contributed by atoms with Crippen LogP contribution in [0.2, 0.25) is 0 Å². The Hall–Kier alpha value is -1.30. The first-order chi connectivity index (χ1) is 7.37. The molecule has 1 heterocycles. The van der Waals surface area contributed by atoms with Crippen molar-refractivity contribution in [1.29, 1.82) is 0 Å². The van der Waals surface area contributed by atoms with Gasteiger partial charge in [0.25, 0.3) is 0 Å². The predicted molar refractivity (Wildman–Crippen MR) is 65.0 cm³/mol. The molecule has 6 heteroatoms. The van der Waals surface area contributed by atoms with Crippen LogP contribution < -0.4 is 5.56 Å². The first-order valence-corrected chi connectivity index (χ1v) is 5.45. The second-order valence-electron chi connectivity index (χ2n) is 4.41. The van der Waals surface area contributed by atoms with Gasteiger partial charge in [-0.1, -0.05) is 13.8 Å². The van der Waals surface area contributed by atoms with Crippen LogP contribution in [-0.2, 0) is 6.54 Å². The van der Waals surface area contributed by atoms with Gasteiger partial charge in [-0.15, -0.1) is 0 Å². The predicted octanol–water partition coefficient (Wildman–Crippen LogP) is 1.71. The van der Waals surface area contributed by atoms with Crippen LogP contribution >= 0.6 is 12.6 Å². The van der Waals surface area contributed by atoms with Crippen LogP contribution in [0.15, 0.2) is 23.1 Å². The smallest absolute Gasteiger partial charge is 0.309 e. The highest BCUT2D eigenvalue weighted by atomic mass is 32.1. The lowest BCUT2D eigenvalue weighted by Crippen LogP contribution is -2.30. The third kappa shape index (κ3) is 2.85. The van der Waals surface area contributed by atoms with Crippen molar-refractivity contribution in [1.82, 2.24) is 4.57 Å². The van der Waals surface area contributed by atoms with E-state index in [1.807, 2.05) is 13.8 Å². The maximum absolute atomic E-state index is 11.7. The molecule has 88 valence electrons. The lowest BCUT2D eigenvalue weighted by molar-refractivity contribution is -0.386. The number of nitrogens with zero attached hydrogens (tertiary/aromatic N) is 2. The van der Waals surface area contributed by atoms with Crippen molar-refractivity contribution in [2.75, 3.05) is 5.75 Å². The highest BCUT2D eigenvalue weighted by molar-refractivity contribution is 7.80. The molecule has 0 unspecified atom stereocenters. The third-order valence-electron chi connectivity index (χ3n) is 2.22. The molecule has 0 aromatic carbocycles. The van der Waals surface area contributed by atoms with Crippen molar-refractivity contribution in [3.05, 3.63) is 38.8 Å². The maximum Gasteiger partial charge on any atom is 0.334 e. The van der Waals surface area contributed by atoms with E-state index in [4.69, 9.17) is 0 Å². The molecule has 1 aromatic heterocycles. The molecule has 0 spiro atoms. The summed E-state index contributed by atoms with van der Waals surface area (Å²) < 4.78 is 1.36. The van der Waals surface area contributed by atoms with E-state index in [9.17, 15) is 14.9 Å². The molecule has 1 rings (SSSR count). The Labute approximate surface area is 98.7 Å². The fourth-order valence-corrected chi connectivity index (χ4v) is 1.40. The van der Waals surface area contributed by atoms with Crippen LogP contribution in [0.3, 0.4) is 0 Å². The van der Waals surface area contributed by atoms with Gasteiger partial charge in [-0.05, 0) is 17.2 Å². The number of hydrogen-bond donors (Lipinski definition) is 1. The Morgan fingerprint density at radius 2 is 2.19 bits per heavy atom. The van der Waals surface area contributed by atoms with Crippen molar-refractivity contribution in [3.8, 4) is 0 Å². The standard InChI is InChI=1S/C10H14N2O3S/c1-10(2,7-16)6-11-5-3-4-8(9(11)13)12(14)15/h3-5,16H,6-7H2,1-2H3. The zero-order valence-corrected chi connectivity index (χ0v) is 10.1. The van der Waals surface area contributed by atoms with Crippen molar-refractivity contribution in [3.63, 3.8) is 0 Å². The molecular formula is C10H14N2O3S. The topological polar surface area (TPSA) is 65.1 Å². The molecule has 0 aliphatic heterocycles. The summed E-state index contributed by atoms with van der Waals surface area (Å²) >= 11 is 4.18. The summed E-state index contributed by atoms with van der Waals surface area (Å²) in [6.45, 7) is 4.31. The SMILES string of the molecule is CC(C)(CS)Cn1cccc([N+](=O)[O-])c1=O. The number of aromatic nitrogens is 1. The normalized spacial score (nSPS) is 11.4. The van der Waals surface area contributed by atoms with Gasteiger partial charge in [0.15, 0.2) is 0 Å². The summed E-state index contributed by atoms with van der Waals surface area (Å²) in [6.07, 6.45) is 1.56. The van der Waals surface area contributed by atoms with E-state index in [0.29, 0.717) is 12.3 Å². The van der Waals surface area contributed by atoms with Gasteiger partial charge < -0.3 is 4.57 Å². The van der Waals surface area contributed by atoms with Crippen molar-refractivity contribution >= 4 is 18.3 Å². The molecule has 0 atom stereocenters. The van der Waals surface area contributed by atoms with E-state index in [0.717, 1.165) is 0 Å². The summed E-state index contributed by atoms with van der Waals surface area (Å²) in [5.74, 6) is 0.599. The fraction of sp³-hybridized carbons (Fsp3) is 0.500. The summed E-state index contributed by atoms with van der Waals surface area (Å²) in [7, 11) is 0. The number of rotatable bonds is 4. The first-order valence-electron chi connectivity index (χ1n) is 4.82. The number of pyridine rings is 1. The third-order valence-corrected chi connectivity index (χ3v) is 3.08. The lowest BCUT2D eigenvalue weighted by Gasteiger charge is -2.22. The monoisotopic (exact) mass is 242 g/mol. The zero-order valence-electron chi connectivity index (χ0n) is 9.21.